The lowest BCUT2D eigenvalue weighted by Gasteiger charge is -2.23. The topological polar surface area (TPSA) is 355 Å². The quantitative estimate of drug-likeness (QED) is 0.0723. The number of ether oxygens (including phenoxy) is 8. The molecule has 85 heavy (non-hydrogen) atoms. The number of benzene rings is 3. The van der Waals surface area contributed by atoms with Gasteiger partial charge in [0.2, 0.25) is 29.3 Å². The van der Waals surface area contributed by atoms with Crippen LogP contribution in [-0.2, 0) is 29.1 Å². The van der Waals surface area contributed by atoms with Crippen molar-refractivity contribution in [2.75, 3.05) is 79.9 Å². The Morgan fingerprint density at radius 3 is 1.45 bits per heavy atom. The number of carbonyl (C=O) groups is 2. The third kappa shape index (κ3) is 17.1. The summed E-state index contributed by atoms with van der Waals surface area (Å²) in [6.07, 6.45) is 5.17. The largest absolute Gasteiger partial charge is 0.494 e. The van der Waals surface area contributed by atoms with E-state index in [-0.39, 0.29) is 102 Å². The summed E-state index contributed by atoms with van der Waals surface area (Å²) in [5.41, 5.74) is 19.9. The van der Waals surface area contributed by atoms with Gasteiger partial charge in [-0.05, 0) is 105 Å². The lowest BCUT2D eigenvalue weighted by molar-refractivity contribution is -0.383. The summed E-state index contributed by atoms with van der Waals surface area (Å²) in [7, 11) is 0. The van der Waals surface area contributed by atoms with E-state index in [2.05, 4.69) is 19.9 Å². The molecule has 0 aliphatic carbocycles. The molecule has 0 saturated carbocycles. The Morgan fingerprint density at radius 1 is 0.588 bits per heavy atom. The Balaban J connectivity index is 0.000000333. The molecule has 7 aromatic rings. The van der Waals surface area contributed by atoms with Crippen LogP contribution in [0.1, 0.15) is 73.9 Å². The van der Waals surface area contributed by atoms with Gasteiger partial charge in [0.25, 0.3) is 0 Å². The van der Waals surface area contributed by atoms with E-state index in [9.17, 15) is 34.6 Å². The van der Waals surface area contributed by atoms with Gasteiger partial charge in [0, 0.05) is 21.1 Å². The van der Waals surface area contributed by atoms with Crippen LogP contribution < -0.4 is 61.1 Å². The lowest BCUT2D eigenvalue weighted by Crippen LogP contribution is -2.32. The number of pyridine rings is 3. The lowest BCUT2D eigenvalue weighted by atomic mass is 10.2. The smallest absolute Gasteiger partial charge is 0.414 e. The van der Waals surface area contributed by atoms with Crippen LogP contribution in [0, 0.1) is 20.2 Å². The maximum absolute atomic E-state index is 12.7. The van der Waals surface area contributed by atoms with E-state index < -0.39 is 33.4 Å². The Kier molecular flexibility index (Phi) is 24.0. The molecule has 4 aromatic heterocycles. The molecule has 0 spiro atoms. The molecular weight excluding hydrogens is 1110 g/mol. The van der Waals surface area contributed by atoms with E-state index in [0.29, 0.717) is 85.5 Å². The number of nitrogen functional groups attached to an aromatic ring is 3. The van der Waals surface area contributed by atoms with Crippen LogP contribution in [0.5, 0.6) is 34.9 Å². The molecule has 3 aliphatic heterocycles. The summed E-state index contributed by atoms with van der Waals surface area (Å²) in [5.74, 6) is 2.21. The van der Waals surface area contributed by atoms with Gasteiger partial charge >= 0.3 is 29.3 Å². The number of nitrogens with two attached hydrogens (primary N) is 3. The number of halogens is 1. The van der Waals surface area contributed by atoms with Crippen molar-refractivity contribution in [3.8, 4) is 34.9 Å². The monoisotopic (exact) mass is 1180 g/mol. The van der Waals surface area contributed by atoms with E-state index in [1.165, 1.54) is 12.1 Å². The first kappa shape index (κ1) is 65.4. The third-order valence-corrected chi connectivity index (χ3v) is 12.3. The molecule has 2 amide bonds. The standard InChI is InChI=1S/C19H22N4O6.C19H20N4O6.C17H18N4O3.2CH4.FH.2H2/c2*1-2-27-19(24)22-12-13-6-5-7-14(10-13)28-8-3-4-9-29-16-11-15(22)17(23(25)26)18(20)21-16;18-16-15-13-9-14(19-16)24-7-2-1-6-23-12-5-3-4-11(8-12)10-21(13)17(22)20-15;;;;;/h5-7,10-11H,2-4,8-9,12H2,1H3,(H2,20,21);3-7,10-11H,2,8-9,12H2,1H3,(H2,20,21);3-5,8-9H,1-2,6-7,10H2,(H2,18,19)(H,20,22);2*1H4;3*1H/b;4-3+;;;;;;. The zero-order chi connectivity index (χ0) is 58.1. The average Bonchev–Trinajstić information content (AvgIpc) is 1.97. The number of hydrogen-bond acceptors (Lipinski definition) is 21. The molecule has 27 nitrogen and oxygen atoms in total. The first-order valence-electron chi connectivity index (χ1n) is 26.1. The third-order valence-electron chi connectivity index (χ3n) is 12.3. The highest BCUT2D eigenvalue weighted by Crippen LogP contribution is 2.39. The second-order valence-corrected chi connectivity index (χ2v) is 18.1. The van der Waals surface area contributed by atoms with E-state index in [4.69, 9.17) is 55.1 Å². The molecule has 0 fully saturated rings. The van der Waals surface area contributed by atoms with Crippen molar-refractivity contribution in [1.82, 2.24) is 24.5 Å². The Morgan fingerprint density at radius 2 is 0.988 bits per heavy atom. The molecule has 7 heterocycles. The fourth-order valence-electron chi connectivity index (χ4n) is 8.56. The minimum Gasteiger partial charge on any atom is -0.494 e. The highest BCUT2D eigenvalue weighted by Gasteiger charge is 2.32. The van der Waals surface area contributed by atoms with Gasteiger partial charge in [-0.1, -0.05) is 51.3 Å². The van der Waals surface area contributed by atoms with Gasteiger partial charge in [0.15, 0.2) is 5.82 Å². The Bertz CT molecular complexity index is 3540. The van der Waals surface area contributed by atoms with Crippen molar-refractivity contribution >= 4 is 63.4 Å². The van der Waals surface area contributed by atoms with Crippen LogP contribution in [0.2, 0.25) is 0 Å². The molecule has 0 radical (unpaired) electrons. The number of imidazole rings is 1. The number of hydrogen-bond donors (Lipinski definition) is 4. The maximum Gasteiger partial charge on any atom is 0.414 e. The normalized spacial score (nSPS) is 14.0. The van der Waals surface area contributed by atoms with Gasteiger partial charge in [0.1, 0.15) is 47.4 Å². The summed E-state index contributed by atoms with van der Waals surface area (Å²) in [5, 5.41) is 23.3. The second kappa shape index (κ2) is 31.1. The summed E-state index contributed by atoms with van der Waals surface area (Å²) in [4.78, 5) is 76.8. The highest BCUT2D eigenvalue weighted by atomic mass is 19.0. The molecule has 28 heteroatoms. The Hall–Kier alpha value is -10.4. The van der Waals surface area contributed by atoms with E-state index in [1.54, 1.807) is 79.1 Å². The van der Waals surface area contributed by atoms with Crippen molar-refractivity contribution in [2.24, 2.45) is 0 Å². The molecule has 0 atom stereocenters. The van der Waals surface area contributed by atoms with E-state index >= 15 is 0 Å². The van der Waals surface area contributed by atoms with Crippen LogP contribution >= 0.6 is 0 Å². The van der Waals surface area contributed by atoms with Crippen LogP contribution in [0.4, 0.5) is 54.5 Å². The number of rotatable bonds is 4. The molecule has 3 aliphatic rings. The number of anilines is 5. The fourth-order valence-corrected chi connectivity index (χ4v) is 8.56. The van der Waals surface area contributed by atoms with Gasteiger partial charge in [-0.2, -0.15) is 15.0 Å². The van der Waals surface area contributed by atoms with E-state index in [0.717, 1.165) is 40.4 Å². The number of aromatic amines is 1. The van der Waals surface area contributed by atoms with Crippen molar-refractivity contribution in [2.45, 2.75) is 74.0 Å². The number of fused-ring (bicyclic) bond motifs is 11. The SMILES string of the molecule is C.C.CCOC(=O)N1Cc2cccc(c2)OC/C=C/COc2cc1c([N+](=O)[O-])c(N)n2.CCOC(=O)N1Cc2cccc(c2)OCCCCOc2cc1c([N+](=O)[O-])c(N)n2.F.Nc1nc2cc3c1[nH]c(=O)n3Cc1cccc(c1)OCCCCO2.[HH].[HH]. The summed E-state index contributed by atoms with van der Waals surface area (Å²) in [6, 6.07) is 26.4. The summed E-state index contributed by atoms with van der Waals surface area (Å²) in [6.45, 7) is 6.38. The molecule has 0 unspecified atom stereocenters. The number of nitrogens with one attached hydrogen (secondary N) is 1. The second-order valence-electron chi connectivity index (χ2n) is 18.1. The zero-order valence-corrected chi connectivity index (χ0v) is 45.3. The first-order valence-corrected chi connectivity index (χ1v) is 26.1. The van der Waals surface area contributed by atoms with Gasteiger partial charge in [0.05, 0.1) is 74.6 Å². The number of carbonyl (C=O) groups excluding carboxylic acids is 2. The van der Waals surface area contributed by atoms with Gasteiger partial charge in [-0.3, -0.25) is 39.3 Å². The van der Waals surface area contributed by atoms with Crippen molar-refractivity contribution in [3.63, 3.8) is 0 Å². The predicted octanol–water partition coefficient (Wildman–Crippen LogP) is 10.2. The number of nitrogens with zero attached hydrogens (tertiary/aromatic N) is 8. The van der Waals surface area contributed by atoms with Gasteiger partial charge in [-0.25, -0.2) is 14.4 Å². The molecule has 458 valence electrons. The van der Waals surface area contributed by atoms with Gasteiger partial charge in [-0.15, -0.1) is 0 Å². The summed E-state index contributed by atoms with van der Waals surface area (Å²) < 4.78 is 45.8. The Labute approximate surface area is 490 Å². The molecular formula is C57H73FN12O15. The average molecular weight is 1190 g/mol. The number of H-pyrrole nitrogens is 1. The van der Waals surface area contributed by atoms with Crippen molar-refractivity contribution < 1.29 is 64.9 Å². The van der Waals surface area contributed by atoms with Crippen molar-refractivity contribution in [3.05, 3.63) is 151 Å². The molecule has 0 saturated heterocycles. The van der Waals surface area contributed by atoms with E-state index in [1.807, 2.05) is 30.3 Å². The molecule has 12 bridgehead atoms. The summed E-state index contributed by atoms with van der Waals surface area (Å²) >= 11 is 0. The number of amides is 2. The zero-order valence-electron chi connectivity index (χ0n) is 45.3. The molecule has 3 aromatic carbocycles. The van der Waals surface area contributed by atoms with Crippen LogP contribution in [0.3, 0.4) is 0 Å². The van der Waals surface area contributed by atoms with Crippen LogP contribution in [-0.4, -0.2) is 99.4 Å². The first-order chi connectivity index (χ1) is 39.7. The van der Waals surface area contributed by atoms with Crippen molar-refractivity contribution in [1.29, 1.82) is 0 Å². The van der Waals surface area contributed by atoms with Gasteiger partial charge < -0.3 is 60.1 Å². The van der Waals surface area contributed by atoms with Crippen LogP contribution in [0.15, 0.2) is 108 Å². The fraction of sp³-hybridized carbons (Fsp3) is 0.333. The highest BCUT2D eigenvalue weighted by molar-refractivity contribution is 5.94. The molecule has 10 rings (SSSR count). The maximum atomic E-state index is 12.7. The minimum absolute atomic E-state index is 0. The molecule has 7 N–H and O–H groups in total. The predicted molar refractivity (Wildman–Crippen MR) is 321 cm³/mol. The minimum atomic E-state index is -0.759. The van der Waals surface area contributed by atoms with Crippen LogP contribution in [0.25, 0.3) is 11.0 Å². The number of aromatic nitrogens is 5. The number of nitro groups is 2.